The van der Waals surface area contributed by atoms with E-state index in [9.17, 15) is 4.79 Å². The van der Waals surface area contributed by atoms with Crippen molar-refractivity contribution >= 4 is 22.4 Å². The van der Waals surface area contributed by atoms with E-state index < -0.39 is 0 Å². The predicted molar refractivity (Wildman–Crippen MR) is 79.2 cm³/mol. The first-order valence-corrected chi connectivity index (χ1v) is 7.24. The lowest BCUT2D eigenvalue weighted by molar-refractivity contribution is 0.0988. The molecule has 21 heavy (non-hydrogen) atoms. The molecule has 1 N–H and O–H groups in total. The Morgan fingerprint density at radius 2 is 2.10 bits per heavy atom. The van der Waals surface area contributed by atoms with Crippen LogP contribution in [0.2, 0.25) is 0 Å². The van der Waals surface area contributed by atoms with Crippen molar-refractivity contribution in [3.8, 4) is 11.3 Å². The molecule has 0 saturated carbocycles. The van der Waals surface area contributed by atoms with Gasteiger partial charge in [-0.1, -0.05) is 53.7 Å². The molecule has 1 aromatic carbocycles. The number of carbonyl (C=O) groups is 1. The molecule has 2 heterocycles. The maximum absolute atomic E-state index is 12.1. The maximum atomic E-state index is 12.1. The van der Waals surface area contributed by atoms with Crippen LogP contribution in [-0.2, 0) is 6.42 Å². The number of aromatic nitrogens is 3. The summed E-state index contributed by atoms with van der Waals surface area (Å²) in [5, 5.41) is 15.7. The standard InChI is InChI=1S/C14H12N4O2S/c1-2-12-16-17-14(21-12)15-13(19)11-8-10(18-20-11)9-6-4-3-5-7-9/h3-8H,2H2,1H3,(H,15,17,19). The molecule has 0 saturated heterocycles. The summed E-state index contributed by atoms with van der Waals surface area (Å²) in [6, 6.07) is 11.1. The lowest BCUT2D eigenvalue weighted by Crippen LogP contribution is -2.10. The fourth-order valence-electron chi connectivity index (χ4n) is 1.73. The molecule has 0 unspecified atom stereocenters. The van der Waals surface area contributed by atoms with Crippen LogP contribution in [0.25, 0.3) is 11.3 Å². The largest absolute Gasteiger partial charge is 0.350 e. The Bertz CT molecular complexity index is 751. The van der Waals surface area contributed by atoms with Crippen molar-refractivity contribution in [2.75, 3.05) is 5.32 Å². The summed E-state index contributed by atoms with van der Waals surface area (Å²) in [7, 11) is 0. The number of nitrogens with one attached hydrogen (secondary N) is 1. The highest BCUT2D eigenvalue weighted by Gasteiger charge is 2.15. The molecule has 3 rings (SSSR count). The summed E-state index contributed by atoms with van der Waals surface area (Å²) in [5.41, 5.74) is 1.51. The number of amides is 1. The molecule has 0 atom stereocenters. The molecule has 0 aliphatic rings. The highest BCUT2D eigenvalue weighted by atomic mass is 32.1. The first-order chi connectivity index (χ1) is 10.3. The molecule has 106 valence electrons. The highest BCUT2D eigenvalue weighted by molar-refractivity contribution is 7.15. The molecule has 0 bridgehead atoms. The third kappa shape index (κ3) is 2.97. The minimum Gasteiger partial charge on any atom is -0.350 e. The second kappa shape index (κ2) is 5.84. The Labute approximate surface area is 124 Å². The van der Waals surface area contributed by atoms with Gasteiger partial charge in [-0.15, -0.1) is 10.2 Å². The normalized spacial score (nSPS) is 10.5. The fraction of sp³-hybridized carbons (Fsp3) is 0.143. The summed E-state index contributed by atoms with van der Waals surface area (Å²) < 4.78 is 5.08. The van der Waals surface area contributed by atoms with Crippen molar-refractivity contribution < 1.29 is 9.32 Å². The molecule has 3 aromatic rings. The summed E-state index contributed by atoms with van der Waals surface area (Å²) in [5.74, 6) is -0.245. The second-order valence-electron chi connectivity index (χ2n) is 4.25. The van der Waals surface area contributed by atoms with Crippen LogP contribution in [0.5, 0.6) is 0 Å². The summed E-state index contributed by atoms with van der Waals surface area (Å²) in [6.07, 6.45) is 0.786. The van der Waals surface area contributed by atoms with E-state index in [4.69, 9.17) is 4.52 Å². The molecule has 0 aliphatic heterocycles. The molecule has 7 heteroatoms. The van der Waals surface area contributed by atoms with Gasteiger partial charge in [0.25, 0.3) is 5.91 Å². The SMILES string of the molecule is CCc1nnc(NC(=O)c2cc(-c3ccccc3)no2)s1. The monoisotopic (exact) mass is 300 g/mol. The Hall–Kier alpha value is -2.54. The molecule has 0 radical (unpaired) electrons. The number of anilines is 1. The van der Waals surface area contributed by atoms with Crippen LogP contribution in [0.1, 0.15) is 22.5 Å². The van der Waals surface area contributed by atoms with Gasteiger partial charge in [0, 0.05) is 11.6 Å². The predicted octanol–water partition coefficient (Wildman–Crippen LogP) is 3.01. The number of aryl methyl sites for hydroxylation is 1. The maximum Gasteiger partial charge on any atom is 0.296 e. The van der Waals surface area contributed by atoms with E-state index in [1.165, 1.54) is 11.3 Å². The number of rotatable bonds is 4. The van der Waals surface area contributed by atoms with E-state index in [1.807, 2.05) is 37.3 Å². The van der Waals surface area contributed by atoms with Gasteiger partial charge in [-0.2, -0.15) is 0 Å². The molecule has 0 fully saturated rings. The van der Waals surface area contributed by atoms with Gasteiger partial charge in [0.05, 0.1) is 0 Å². The minimum absolute atomic E-state index is 0.141. The van der Waals surface area contributed by atoms with Gasteiger partial charge in [0.15, 0.2) is 0 Å². The topological polar surface area (TPSA) is 80.9 Å². The van der Waals surface area contributed by atoms with Crippen molar-refractivity contribution in [1.82, 2.24) is 15.4 Å². The number of hydrogen-bond donors (Lipinski definition) is 1. The van der Waals surface area contributed by atoms with E-state index in [0.29, 0.717) is 10.8 Å². The first kappa shape index (κ1) is 13.4. The Morgan fingerprint density at radius 1 is 1.29 bits per heavy atom. The average molecular weight is 300 g/mol. The van der Waals surface area contributed by atoms with Gasteiger partial charge < -0.3 is 4.52 Å². The molecular weight excluding hydrogens is 288 g/mol. The fourth-order valence-corrected chi connectivity index (χ4v) is 2.41. The molecule has 6 nitrogen and oxygen atoms in total. The lowest BCUT2D eigenvalue weighted by atomic mass is 10.1. The molecule has 2 aromatic heterocycles. The third-order valence-electron chi connectivity index (χ3n) is 2.79. The van der Waals surface area contributed by atoms with Crippen LogP contribution in [0.4, 0.5) is 5.13 Å². The summed E-state index contributed by atoms with van der Waals surface area (Å²) in [4.78, 5) is 12.1. The smallest absolute Gasteiger partial charge is 0.296 e. The van der Waals surface area contributed by atoms with Gasteiger partial charge >= 0.3 is 0 Å². The van der Waals surface area contributed by atoms with E-state index in [1.54, 1.807) is 6.07 Å². The number of benzene rings is 1. The minimum atomic E-state index is -0.386. The van der Waals surface area contributed by atoms with E-state index in [0.717, 1.165) is 17.0 Å². The van der Waals surface area contributed by atoms with Crippen LogP contribution in [0.3, 0.4) is 0 Å². The van der Waals surface area contributed by atoms with Crippen molar-refractivity contribution in [1.29, 1.82) is 0 Å². The van der Waals surface area contributed by atoms with Crippen molar-refractivity contribution in [2.45, 2.75) is 13.3 Å². The molecule has 1 amide bonds. The van der Waals surface area contributed by atoms with Crippen molar-refractivity contribution in [2.24, 2.45) is 0 Å². The van der Waals surface area contributed by atoms with Gasteiger partial charge in [0.2, 0.25) is 10.9 Å². The number of hydrogen-bond acceptors (Lipinski definition) is 6. The van der Waals surface area contributed by atoms with E-state index in [2.05, 4.69) is 20.7 Å². The van der Waals surface area contributed by atoms with Gasteiger partial charge in [-0.3, -0.25) is 10.1 Å². The molecule has 0 spiro atoms. The van der Waals surface area contributed by atoms with E-state index in [-0.39, 0.29) is 11.7 Å². The summed E-state index contributed by atoms with van der Waals surface area (Å²) in [6.45, 7) is 1.98. The van der Waals surface area contributed by atoms with Gasteiger partial charge in [0.1, 0.15) is 10.7 Å². The van der Waals surface area contributed by atoms with Crippen molar-refractivity contribution in [3.05, 3.63) is 47.2 Å². The highest BCUT2D eigenvalue weighted by Crippen LogP contribution is 2.20. The Kier molecular flexibility index (Phi) is 3.74. The molecule has 0 aliphatic carbocycles. The Morgan fingerprint density at radius 3 is 2.81 bits per heavy atom. The first-order valence-electron chi connectivity index (χ1n) is 6.42. The zero-order valence-corrected chi connectivity index (χ0v) is 12.1. The third-order valence-corrected chi connectivity index (χ3v) is 3.78. The second-order valence-corrected chi connectivity index (χ2v) is 5.31. The quantitative estimate of drug-likeness (QED) is 0.801. The van der Waals surface area contributed by atoms with Crippen LogP contribution < -0.4 is 5.32 Å². The van der Waals surface area contributed by atoms with Gasteiger partial charge in [-0.25, -0.2) is 0 Å². The number of nitrogens with zero attached hydrogens (tertiary/aromatic N) is 3. The van der Waals surface area contributed by atoms with Crippen molar-refractivity contribution in [3.63, 3.8) is 0 Å². The van der Waals surface area contributed by atoms with Gasteiger partial charge in [-0.05, 0) is 6.42 Å². The van der Waals surface area contributed by atoms with Crippen LogP contribution in [0.15, 0.2) is 40.9 Å². The van der Waals surface area contributed by atoms with Crippen LogP contribution in [-0.4, -0.2) is 21.3 Å². The zero-order valence-electron chi connectivity index (χ0n) is 11.2. The number of carbonyl (C=O) groups excluding carboxylic acids is 1. The van der Waals surface area contributed by atoms with Crippen LogP contribution >= 0.6 is 11.3 Å². The van der Waals surface area contributed by atoms with E-state index >= 15 is 0 Å². The zero-order chi connectivity index (χ0) is 14.7. The molecular formula is C14H12N4O2S. The Balaban J connectivity index is 1.75. The summed E-state index contributed by atoms with van der Waals surface area (Å²) >= 11 is 1.34. The average Bonchev–Trinajstić information content (AvgIpc) is 3.17. The van der Waals surface area contributed by atoms with Crippen LogP contribution in [0, 0.1) is 0 Å². The lowest BCUT2D eigenvalue weighted by Gasteiger charge is -1.94.